The van der Waals surface area contributed by atoms with Gasteiger partial charge in [0.15, 0.2) is 0 Å². The molecule has 0 radical (unpaired) electrons. The van der Waals surface area contributed by atoms with Gasteiger partial charge in [0, 0.05) is 5.92 Å². The largest absolute Gasteiger partial charge is 0.488 e. The average molecular weight is 297 g/mol. The van der Waals surface area contributed by atoms with Crippen LogP contribution < -0.4 is 10.1 Å². The topological polar surface area (TPSA) is 58.6 Å². The third-order valence-electron chi connectivity index (χ3n) is 3.67. The lowest BCUT2D eigenvalue weighted by molar-refractivity contribution is -0.117. The van der Waals surface area contributed by atoms with E-state index in [1.54, 1.807) is 6.07 Å². The highest BCUT2D eigenvalue weighted by atomic mass is 16.5. The number of hydrogen-bond donors (Lipinski definition) is 2. The summed E-state index contributed by atoms with van der Waals surface area (Å²) >= 11 is 0. The van der Waals surface area contributed by atoms with Crippen molar-refractivity contribution in [3.63, 3.8) is 0 Å². The van der Waals surface area contributed by atoms with E-state index in [1.165, 1.54) is 0 Å². The molecule has 1 atom stereocenters. The lowest BCUT2D eigenvalue weighted by atomic mass is 10.1. The first-order chi connectivity index (χ1) is 10.7. The molecule has 0 aliphatic heterocycles. The Labute approximate surface area is 129 Å². The smallest absolute Gasteiger partial charge is 0.227 e. The molecule has 1 saturated carbocycles. The number of para-hydroxylation sites is 2. The number of rotatable bonds is 6. The first-order valence-electron chi connectivity index (χ1n) is 7.50. The zero-order valence-corrected chi connectivity index (χ0v) is 12.2. The summed E-state index contributed by atoms with van der Waals surface area (Å²) in [5.41, 5.74) is 1.46. The van der Waals surface area contributed by atoms with Crippen LogP contribution in [0.5, 0.6) is 5.75 Å². The van der Waals surface area contributed by atoms with Crippen LogP contribution in [-0.2, 0) is 4.79 Å². The van der Waals surface area contributed by atoms with Gasteiger partial charge in [0.2, 0.25) is 5.91 Å². The van der Waals surface area contributed by atoms with E-state index in [-0.39, 0.29) is 18.4 Å². The summed E-state index contributed by atoms with van der Waals surface area (Å²) in [4.78, 5) is 11.9. The van der Waals surface area contributed by atoms with Crippen molar-refractivity contribution in [3.8, 4) is 5.75 Å². The lowest BCUT2D eigenvalue weighted by Crippen LogP contribution is -2.15. The minimum Gasteiger partial charge on any atom is -0.488 e. The van der Waals surface area contributed by atoms with E-state index in [4.69, 9.17) is 4.74 Å². The number of carbonyl (C=O) groups is 1. The van der Waals surface area contributed by atoms with E-state index in [2.05, 4.69) is 5.32 Å². The van der Waals surface area contributed by atoms with Crippen LogP contribution in [0.2, 0.25) is 0 Å². The lowest BCUT2D eigenvalue weighted by Gasteiger charge is -2.15. The first kappa shape index (κ1) is 14.6. The standard InChI is InChI=1S/C18H19NO3/c20-16(13-6-2-1-3-7-13)12-22-17-9-5-4-8-15(17)19-18(21)14-10-11-14/h1-9,14,16,20H,10-12H2,(H,19,21). The molecule has 3 rings (SSSR count). The zero-order valence-electron chi connectivity index (χ0n) is 12.2. The minimum absolute atomic E-state index is 0.0413. The molecule has 0 spiro atoms. The van der Waals surface area contributed by atoms with Gasteiger partial charge < -0.3 is 15.2 Å². The van der Waals surface area contributed by atoms with Crippen LogP contribution in [0.3, 0.4) is 0 Å². The summed E-state index contributed by atoms with van der Waals surface area (Å²) in [5, 5.41) is 13.0. The number of ether oxygens (including phenoxy) is 1. The number of aliphatic hydroxyl groups is 1. The Morgan fingerprint density at radius 1 is 1.14 bits per heavy atom. The highest BCUT2D eigenvalue weighted by molar-refractivity contribution is 5.95. The molecule has 1 amide bonds. The third kappa shape index (κ3) is 3.65. The number of hydrogen-bond acceptors (Lipinski definition) is 3. The molecule has 0 heterocycles. The maximum Gasteiger partial charge on any atom is 0.227 e. The van der Waals surface area contributed by atoms with Gasteiger partial charge in [-0.05, 0) is 30.5 Å². The van der Waals surface area contributed by atoms with Crippen molar-refractivity contribution in [2.24, 2.45) is 5.92 Å². The van der Waals surface area contributed by atoms with Gasteiger partial charge in [-0.2, -0.15) is 0 Å². The van der Waals surface area contributed by atoms with E-state index in [0.717, 1.165) is 18.4 Å². The predicted molar refractivity (Wildman–Crippen MR) is 84.7 cm³/mol. The van der Waals surface area contributed by atoms with Gasteiger partial charge >= 0.3 is 0 Å². The molecule has 4 heteroatoms. The Morgan fingerprint density at radius 2 is 1.82 bits per heavy atom. The Morgan fingerprint density at radius 3 is 2.55 bits per heavy atom. The maximum absolute atomic E-state index is 11.9. The predicted octanol–water partition coefficient (Wildman–Crippen LogP) is 3.15. The molecular formula is C18H19NO3. The van der Waals surface area contributed by atoms with E-state index in [0.29, 0.717) is 11.4 Å². The van der Waals surface area contributed by atoms with Crippen LogP contribution in [0.25, 0.3) is 0 Å². The van der Waals surface area contributed by atoms with Crippen LogP contribution >= 0.6 is 0 Å². The third-order valence-corrected chi connectivity index (χ3v) is 3.67. The molecule has 4 nitrogen and oxygen atoms in total. The molecule has 1 aliphatic carbocycles. The molecule has 114 valence electrons. The van der Waals surface area contributed by atoms with E-state index >= 15 is 0 Å². The van der Waals surface area contributed by atoms with Crippen LogP contribution in [-0.4, -0.2) is 17.6 Å². The van der Waals surface area contributed by atoms with Gasteiger partial charge in [0.1, 0.15) is 18.5 Å². The van der Waals surface area contributed by atoms with Crippen LogP contribution in [0.15, 0.2) is 54.6 Å². The number of anilines is 1. The Bertz CT molecular complexity index is 638. The van der Waals surface area contributed by atoms with Gasteiger partial charge in [0.05, 0.1) is 5.69 Å². The van der Waals surface area contributed by atoms with Gasteiger partial charge in [-0.25, -0.2) is 0 Å². The van der Waals surface area contributed by atoms with Crippen molar-refractivity contribution < 1.29 is 14.6 Å². The summed E-state index contributed by atoms with van der Waals surface area (Å²) in [6, 6.07) is 16.7. The van der Waals surface area contributed by atoms with E-state index in [9.17, 15) is 9.90 Å². The summed E-state index contributed by atoms with van der Waals surface area (Å²) in [6.07, 6.45) is 1.22. The summed E-state index contributed by atoms with van der Waals surface area (Å²) < 4.78 is 5.69. The SMILES string of the molecule is O=C(Nc1ccccc1OCC(O)c1ccccc1)C1CC1. The Kier molecular flexibility index (Phi) is 4.39. The summed E-state index contributed by atoms with van der Waals surface area (Å²) in [6.45, 7) is 0.139. The number of benzene rings is 2. The van der Waals surface area contributed by atoms with Crippen molar-refractivity contribution in [3.05, 3.63) is 60.2 Å². The van der Waals surface area contributed by atoms with Crippen LogP contribution in [0.4, 0.5) is 5.69 Å². The Hall–Kier alpha value is -2.33. The molecule has 1 unspecified atom stereocenters. The van der Waals surface area contributed by atoms with Crippen molar-refractivity contribution in [2.45, 2.75) is 18.9 Å². The van der Waals surface area contributed by atoms with Crippen molar-refractivity contribution in [1.82, 2.24) is 0 Å². The molecule has 0 aromatic heterocycles. The number of nitrogens with one attached hydrogen (secondary N) is 1. The van der Waals surface area contributed by atoms with Crippen molar-refractivity contribution in [1.29, 1.82) is 0 Å². The second-order valence-corrected chi connectivity index (χ2v) is 5.50. The quantitative estimate of drug-likeness (QED) is 0.861. The molecular weight excluding hydrogens is 278 g/mol. The maximum atomic E-state index is 11.9. The van der Waals surface area contributed by atoms with Gasteiger partial charge in [0.25, 0.3) is 0 Å². The van der Waals surface area contributed by atoms with Gasteiger partial charge in [-0.3, -0.25) is 4.79 Å². The number of aliphatic hydroxyl groups excluding tert-OH is 1. The van der Waals surface area contributed by atoms with Crippen LogP contribution in [0.1, 0.15) is 24.5 Å². The highest BCUT2D eigenvalue weighted by Gasteiger charge is 2.30. The van der Waals surface area contributed by atoms with Crippen LogP contribution in [0, 0.1) is 5.92 Å². The van der Waals surface area contributed by atoms with E-state index < -0.39 is 6.10 Å². The molecule has 1 fully saturated rings. The molecule has 2 aromatic carbocycles. The molecule has 22 heavy (non-hydrogen) atoms. The Balaban J connectivity index is 1.63. The molecule has 2 N–H and O–H groups in total. The minimum atomic E-state index is -0.701. The highest BCUT2D eigenvalue weighted by Crippen LogP contribution is 2.32. The first-order valence-corrected chi connectivity index (χ1v) is 7.50. The molecule has 0 bridgehead atoms. The fourth-order valence-corrected chi connectivity index (χ4v) is 2.22. The second-order valence-electron chi connectivity index (χ2n) is 5.50. The average Bonchev–Trinajstić information content (AvgIpc) is 3.39. The normalized spacial score (nSPS) is 15.1. The summed E-state index contributed by atoms with van der Waals surface area (Å²) in [5.74, 6) is 0.758. The molecule has 2 aromatic rings. The van der Waals surface area contributed by atoms with Crippen molar-refractivity contribution in [2.75, 3.05) is 11.9 Å². The number of amides is 1. The second kappa shape index (κ2) is 6.62. The van der Waals surface area contributed by atoms with Gasteiger partial charge in [-0.15, -0.1) is 0 Å². The number of carbonyl (C=O) groups excluding carboxylic acids is 1. The van der Waals surface area contributed by atoms with Gasteiger partial charge in [-0.1, -0.05) is 42.5 Å². The molecule has 1 aliphatic rings. The van der Waals surface area contributed by atoms with E-state index in [1.807, 2.05) is 48.5 Å². The zero-order chi connectivity index (χ0) is 15.4. The monoisotopic (exact) mass is 297 g/mol. The van der Waals surface area contributed by atoms with Crippen molar-refractivity contribution >= 4 is 11.6 Å². The fourth-order valence-electron chi connectivity index (χ4n) is 2.22. The molecule has 0 saturated heterocycles. The fraction of sp³-hybridized carbons (Fsp3) is 0.278. The summed E-state index contributed by atoms with van der Waals surface area (Å²) in [7, 11) is 0.